The summed E-state index contributed by atoms with van der Waals surface area (Å²) in [6, 6.07) is 9.78. The quantitative estimate of drug-likeness (QED) is 0.847. The number of aromatic amines is 1. The number of H-pyrrole nitrogens is 1. The van der Waals surface area contributed by atoms with Crippen molar-refractivity contribution in [3.63, 3.8) is 0 Å². The topological polar surface area (TPSA) is 66.0 Å². The van der Waals surface area contributed by atoms with Gasteiger partial charge in [-0.25, -0.2) is 0 Å². The molecule has 0 saturated carbocycles. The third kappa shape index (κ3) is 2.53. The SMILES string of the molecule is Cc1[nH]nc(-c2ccccc2)c1CCC(=O)O. The summed E-state index contributed by atoms with van der Waals surface area (Å²) in [5.74, 6) is -0.787. The summed E-state index contributed by atoms with van der Waals surface area (Å²) in [5.41, 5.74) is 3.78. The van der Waals surface area contributed by atoms with Gasteiger partial charge in [0, 0.05) is 23.2 Å². The van der Waals surface area contributed by atoms with E-state index in [9.17, 15) is 4.79 Å². The number of nitrogens with one attached hydrogen (secondary N) is 1. The van der Waals surface area contributed by atoms with Crippen molar-refractivity contribution in [3.05, 3.63) is 41.6 Å². The Hall–Kier alpha value is -2.10. The third-order valence-corrected chi connectivity index (χ3v) is 2.71. The Bertz CT molecular complexity index is 517. The van der Waals surface area contributed by atoms with Crippen LogP contribution in [-0.2, 0) is 11.2 Å². The lowest BCUT2D eigenvalue weighted by Gasteiger charge is -2.02. The molecule has 0 aliphatic carbocycles. The number of aliphatic carboxylic acids is 1. The first-order chi connectivity index (χ1) is 8.18. The molecular weight excluding hydrogens is 216 g/mol. The minimum atomic E-state index is -0.787. The van der Waals surface area contributed by atoms with Gasteiger partial charge in [-0.2, -0.15) is 5.10 Å². The van der Waals surface area contributed by atoms with E-state index in [0.717, 1.165) is 22.5 Å². The molecule has 0 fully saturated rings. The highest BCUT2D eigenvalue weighted by atomic mass is 16.4. The standard InChI is InChI=1S/C13H14N2O2/c1-9-11(7-8-12(16)17)13(15-14-9)10-5-3-2-4-6-10/h2-6H,7-8H2,1H3,(H,14,15)(H,16,17). The molecule has 1 aromatic heterocycles. The number of hydrogen-bond donors (Lipinski definition) is 2. The normalized spacial score (nSPS) is 10.4. The average Bonchev–Trinajstić information content (AvgIpc) is 2.69. The summed E-state index contributed by atoms with van der Waals surface area (Å²) in [6.07, 6.45) is 0.627. The van der Waals surface area contributed by atoms with Crippen LogP contribution in [0.5, 0.6) is 0 Å². The molecule has 1 heterocycles. The average molecular weight is 230 g/mol. The van der Waals surface area contributed by atoms with E-state index < -0.39 is 5.97 Å². The summed E-state index contributed by atoms with van der Waals surface area (Å²) in [6.45, 7) is 1.91. The summed E-state index contributed by atoms with van der Waals surface area (Å²) in [5, 5.41) is 15.9. The Labute approximate surface area is 99.3 Å². The number of hydrogen-bond acceptors (Lipinski definition) is 2. The predicted octanol–water partition coefficient (Wildman–Crippen LogP) is 2.40. The number of carboxylic acids is 1. The predicted molar refractivity (Wildman–Crippen MR) is 64.7 cm³/mol. The van der Waals surface area contributed by atoms with E-state index in [1.165, 1.54) is 0 Å². The molecule has 0 saturated heterocycles. The Morgan fingerprint density at radius 2 is 2.06 bits per heavy atom. The molecule has 88 valence electrons. The Morgan fingerprint density at radius 3 is 2.71 bits per heavy atom. The molecule has 2 N–H and O–H groups in total. The summed E-state index contributed by atoms with van der Waals surface area (Å²) in [4.78, 5) is 10.6. The Kier molecular flexibility index (Phi) is 3.23. The minimum absolute atomic E-state index is 0.125. The summed E-state index contributed by atoms with van der Waals surface area (Å²) < 4.78 is 0. The third-order valence-electron chi connectivity index (χ3n) is 2.71. The van der Waals surface area contributed by atoms with Crippen molar-refractivity contribution in [3.8, 4) is 11.3 Å². The van der Waals surface area contributed by atoms with E-state index in [4.69, 9.17) is 5.11 Å². The molecular formula is C13H14N2O2. The van der Waals surface area contributed by atoms with Crippen LogP contribution in [0.25, 0.3) is 11.3 Å². The van der Waals surface area contributed by atoms with Crippen LogP contribution in [0.2, 0.25) is 0 Å². The number of benzene rings is 1. The van der Waals surface area contributed by atoms with Crippen molar-refractivity contribution >= 4 is 5.97 Å². The van der Waals surface area contributed by atoms with Gasteiger partial charge in [-0.1, -0.05) is 30.3 Å². The largest absolute Gasteiger partial charge is 0.481 e. The highest BCUT2D eigenvalue weighted by molar-refractivity contribution is 5.69. The molecule has 17 heavy (non-hydrogen) atoms. The lowest BCUT2D eigenvalue weighted by Crippen LogP contribution is -1.99. The van der Waals surface area contributed by atoms with Crippen LogP contribution in [0.1, 0.15) is 17.7 Å². The fourth-order valence-corrected chi connectivity index (χ4v) is 1.82. The molecule has 0 aliphatic rings. The van der Waals surface area contributed by atoms with Crippen molar-refractivity contribution in [2.24, 2.45) is 0 Å². The van der Waals surface area contributed by atoms with Crippen molar-refractivity contribution < 1.29 is 9.90 Å². The van der Waals surface area contributed by atoms with E-state index in [2.05, 4.69) is 10.2 Å². The van der Waals surface area contributed by atoms with Crippen molar-refractivity contribution in [2.75, 3.05) is 0 Å². The van der Waals surface area contributed by atoms with Crippen LogP contribution >= 0.6 is 0 Å². The van der Waals surface area contributed by atoms with Crippen LogP contribution in [0, 0.1) is 6.92 Å². The first-order valence-electron chi connectivity index (χ1n) is 5.49. The Morgan fingerprint density at radius 1 is 1.35 bits per heavy atom. The van der Waals surface area contributed by atoms with E-state index >= 15 is 0 Å². The minimum Gasteiger partial charge on any atom is -0.481 e. The first-order valence-corrected chi connectivity index (χ1v) is 5.49. The van der Waals surface area contributed by atoms with E-state index in [0.29, 0.717) is 6.42 Å². The molecule has 0 spiro atoms. The molecule has 0 amide bonds. The van der Waals surface area contributed by atoms with Gasteiger partial charge >= 0.3 is 5.97 Å². The number of aryl methyl sites for hydroxylation is 1. The molecule has 0 unspecified atom stereocenters. The summed E-state index contributed by atoms with van der Waals surface area (Å²) in [7, 11) is 0. The maximum Gasteiger partial charge on any atom is 0.303 e. The second-order valence-electron chi connectivity index (χ2n) is 3.94. The molecule has 0 atom stereocenters. The van der Waals surface area contributed by atoms with Crippen LogP contribution in [0.3, 0.4) is 0 Å². The van der Waals surface area contributed by atoms with Gasteiger partial charge in [0.15, 0.2) is 0 Å². The molecule has 2 rings (SSSR count). The van der Waals surface area contributed by atoms with Gasteiger partial charge in [-0.3, -0.25) is 9.89 Å². The van der Waals surface area contributed by atoms with Gasteiger partial charge < -0.3 is 5.11 Å². The highest BCUT2D eigenvalue weighted by Crippen LogP contribution is 2.24. The second-order valence-corrected chi connectivity index (χ2v) is 3.94. The summed E-state index contributed by atoms with van der Waals surface area (Å²) >= 11 is 0. The molecule has 4 nitrogen and oxygen atoms in total. The monoisotopic (exact) mass is 230 g/mol. The maximum absolute atomic E-state index is 10.6. The van der Waals surface area contributed by atoms with Crippen LogP contribution in [0.15, 0.2) is 30.3 Å². The number of rotatable bonds is 4. The van der Waals surface area contributed by atoms with E-state index in [-0.39, 0.29) is 6.42 Å². The fraction of sp³-hybridized carbons (Fsp3) is 0.231. The second kappa shape index (κ2) is 4.82. The molecule has 0 bridgehead atoms. The molecule has 0 aliphatic heterocycles. The zero-order valence-electron chi connectivity index (χ0n) is 9.60. The Balaban J connectivity index is 2.32. The molecule has 1 aromatic carbocycles. The zero-order valence-corrected chi connectivity index (χ0v) is 9.60. The number of aromatic nitrogens is 2. The number of carboxylic acid groups (broad SMARTS) is 1. The number of nitrogens with zero attached hydrogens (tertiary/aromatic N) is 1. The molecule has 2 aromatic rings. The van der Waals surface area contributed by atoms with E-state index in [1.807, 2.05) is 37.3 Å². The maximum atomic E-state index is 10.6. The highest BCUT2D eigenvalue weighted by Gasteiger charge is 2.12. The lowest BCUT2D eigenvalue weighted by molar-refractivity contribution is -0.136. The van der Waals surface area contributed by atoms with Crippen LogP contribution in [-0.4, -0.2) is 21.3 Å². The van der Waals surface area contributed by atoms with Gasteiger partial charge in [0.25, 0.3) is 0 Å². The van der Waals surface area contributed by atoms with E-state index in [1.54, 1.807) is 0 Å². The number of carbonyl (C=O) groups is 1. The van der Waals surface area contributed by atoms with Gasteiger partial charge in [0.1, 0.15) is 0 Å². The first kappa shape index (κ1) is 11.4. The van der Waals surface area contributed by atoms with Crippen LogP contribution < -0.4 is 0 Å². The zero-order chi connectivity index (χ0) is 12.3. The van der Waals surface area contributed by atoms with Gasteiger partial charge in [-0.05, 0) is 13.3 Å². The van der Waals surface area contributed by atoms with Gasteiger partial charge in [-0.15, -0.1) is 0 Å². The lowest BCUT2D eigenvalue weighted by atomic mass is 10.0. The fourth-order valence-electron chi connectivity index (χ4n) is 1.82. The van der Waals surface area contributed by atoms with Crippen LogP contribution in [0.4, 0.5) is 0 Å². The van der Waals surface area contributed by atoms with Gasteiger partial charge in [0.2, 0.25) is 0 Å². The van der Waals surface area contributed by atoms with Crippen molar-refractivity contribution in [1.29, 1.82) is 0 Å². The molecule has 0 radical (unpaired) electrons. The smallest absolute Gasteiger partial charge is 0.303 e. The van der Waals surface area contributed by atoms with Crippen molar-refractivity contribution in [1.82, 2.24) is 10.2 Å². The van der Waals surface area contributed by atoms with Gasteiger partial charge in [0.05, 0.1) is 5.69 Å². The van der Waals surface area contributed by atoms with Crippen molar-refractivity contribution in [2.45, 2.75) is 19.8 Å². The molecule has 4 heteroatoms.